The number of ketones is 1. The predicted molar refractivity (Wildman–Crippen MR) is 41.4 cm³/mol. The molecule has 0 aromatic heterocycles. The molecule has 0 N–H and O–H groups in total. The molecule has 0 aromatic carbocycles. The van der Waals surface area contributed by atoms with E-state index in [1.807, 2.05) is 13.8 Å². The van der Waals surface area contributed by atoms with E-state index in [4.69, 9.17) is 0 Å². The summed E-state index contributed by atoms with van der Waals surface area (Å²) in [6.45, 7) is 4.03. The van der Waals surface area contributed by atoms with E-state index in [9.17, 15) is 4.79 Å². The van der Waals surface area contributed by atoms with Gasteiger partial charge in [0.1, 0.15) is 5.78 Å². The Morgan fingerprint density at radius 1 is 1.60 bits per heavy atom. The zero-order valence-corrected chi connectivity index (χ0v) is 6.50. The zero-order valence-electron chi connectivity index (χ0n) is 6.50. The minimum absolute atomic E-state index is 0.206. The fraction of sp³-hybridized carbons (Fsp3) is 0.750. The summed E-state index contributed by atoms with van der Waals surface area (Å²) in [6, 6.07) is 0.335. The van der Waals surface area contributed by atoms with Crippen molar-refractivity contribution in [2.75, 3.05) is 0 Å². The van der Waals surface area contributed by atoms with Crippen molar-refractivity contribution in [2.45, 2.75) is 32.7 Å². The van der Waals surface area contributed by atoms with Crippen molar-refractivity contribution in [2.24, 2.45) is 10.9 Å². The highest BCUT2D eigenvalue weighted by Crippen LogP contribution is 2.13. The maximum Gasteiger partial charge on any atom is 0.141 e. The minimum Gasteiger partial charge on any atom is -0.299 e. The van der Waals surface area contributed by atoms with Gasteiger partial charge in [-0.05, 0) is 13.3 Å². The summed E-state index contributed by atoms with van der Waals surface area (Å²) in [6.07, 6.45) is 3.19. The van der Waals surface area contributed by atoms with Crippen molar-refractivity contribution in [1.82, 2.24) is 0 Å². The van der Waals surface area contributed by atoms with Crippen LogP contribution in [0.4, 0.5) is 0 Å². The Hall–Kier alpha value is -0.660. The number of hydrogen-bond acceptors (Lipinski definition) is 2. The Kier molecular flexibility index (Phi) is 2.20. The van der Waals surface area contributed by atoms with Crippen LogP contribution >= 0.6 is 0 Å². The predicted octanol–water partition coefficient (Wildman–Crippen LogP) is 1.44. The van der Waals surface area contributed by atoms with Crippen LogP contribution in [0.2, 0.25) is 0 Å². The Morgan fingerprint density at radius 3 is 3.00 bits per heavy atom. The molecule has 1 aliphatic rings. The van der Waals surface area contributed by atoms with Crippen LogP contribution in [0.1, 0.15) is 26.7 Å². The zero-order chi connectivity index (χ0) is 7.56. The lowest BCUT2D eigenvalue weighted by Gasteiger charge is -2.07. The van der Waals surface area contributed by atoms with Gasteiger partial charge in [-0.3, -0.25) is 9.79 Å². The van der Waals surface area contributed by atoms with Gasteiger partial charge < -0.3 is 0 Å². The van der Waals surface area contributed by atoms with E-state index in [2.05, 4.69) is 4.99 Å². The van der Waals surface area contributed by atoms with Gasteiger partial charge in [-0.1, -0.05) is 6.92 Å². The van der Waals surface area contributed by atoms with Crippen LogP contribution in [-0.2, 0) is 4.79 Å². The Morgan fingerprint density at radius 2 is 2.30 bits per heavy atom. The van der Waals surface area contributed by atoms with E-state index in [-0.39, 0.29) is 5.92 Å². The number of carbonyl (C=O) groups excluding carboxylic acids is 1. The quantitative estimate of drug-likeness (QED) is 0.499. The van der Waals surface area contributed by atoms with Gasteiger partial charge >= 0.3 is 0 Å². The molecule has 0 bridgehead atoms. The molecule has 0 aliphatic carbocycles. The molecule has 2 nitrogen and oxygen atoms in total. The van der Waals surface area contributed by atoms with Crippen molar-refractivity contribution in [3.8, 4) is 0 Å². The maximum absolute atomic E-state index is 11.1. The molecule has 0 spiro atoms. The number of nitrogens with zero attached hydrogens (tertiary/aromatic N) is 1. The van der Waals surface area contributed by atoms with Crippen LogP contribution in [0.3, 0.4) is 0 Å². The second-order valence-corrected chi connectivity index (χ2v) is 2.99. The van der Waals surface area contributed by atoms with E-state index in [1.54, 1.807) is 6.21 Å². The summed E-state index contributed by atoms with van der Waals surface area (Å²) in [5.41, 5.74) is 0. The average Bonchev–Trinajstić information content (AvgIpc) is 1.96. The summed E-state index contributed by atoms with van der Waals surface area (Å²) in [4.78, 5) is 15.2. The largest absolute Gasteiger partial charge is 0.299 e. The second-order valence-electron chi connectivity index (χ2n) is 2.99. The van der Waals surface area contributed by atoms with Gasteiger partial charge in [0.2, 0.25) is 0 Å². The third-order valence-corrected chi connectivity index (χ3v) is 1.90. The monoisotopic (exact) mass is 139 g/mol. The first kappa shape index (κ1) is 7.45. The van der Waals surface area contributed by atoms with Crippen LogP contribution < -0.4 is 0 Å². The van der Waals surface area contributed by atoms with Gasteiger partial charge in [-0.25, -0.2) is 0 Å². The lowest BCUT2D eigenvalue weighted by atomic mass is 9.98. The smallest absolute Gasteiger partial charge is 0.141 e. The minimum atomic E-state index is 0.206. The van der Waals surface area contributed by atoms with Gasteiger partial charge in [0.15, 0.2) is 0 Å². The van der Waals surface area contributed by atoms with E-state index in [0.717, 1.165) is 6.42 Å². The van der Waals surface area contributed by atoms with Gasteiger partial charge in [-0.2, -0.15) is 0 Å². The summed E-state index contributed by atoms with van der Waals surface area (Å²) in [5.74, 6) is 0.533. The summed E-state index contributed by atoms with van der Waals surface area (Å²) < 4.78 is 0. The van der Waals surface area contributed by atoms with Crippen LogP contribution in [-0.4, -0.2) is 18.0 Å². The van der Waals surface area contributed by atoms with Crippen LogP contribution in [0.15, 0.2) is 4.99 Å². The molecule has 10 heavy (non-hydrogen) atoms. The van der Waals surface area contributed by atoms with E-state index >= 15 is 0 Å². The average molecular weight is 139 g/mol. The topological polar surface area (TPSA) is 29.4 Å². The lowest BCUT2D eigenvalue weighted by molar-refractivity contribution is -0.121. The van der Waals surface area contributed by atoms with E-state index in [1.165, 1.54) is 0 Å². The van der Waals surface area contributed by atoms with Crippen molar-refractivity contribution in [1.29, 1.82) is 0 Å². The van der Waals surface area contributed by atoms with Gasteiger partial charge in [0, 0.05) is 24.6 Å². The molecular weight excluding hydrogens is 126 g/mol. The summed E-state index contributed by atoms with van der Waals surface area (Å²) >= 11 is 0. The van der Waals surface area contributed by atoms with E-state index < -0.39 is 0 Å². The molecule has 0 aromatic rings. The number of aliphatic imine (C=N–C) groups is 1. The molecule has 2 unspecified atom stereocenters. The Bertz CT molecular complexity index is 163. The normalized spacial score (nSPS) is 34.0. The lowest BCUT2D eigenvalue weighted by Crippen LogP contribution is -2.12. The molecule has 0 saturated carbocycles. The standard InChI is InChI=1S/C8H13NO/c1-6-5-7(2)9-4-3-8(6)10/h4,6-7H,3,5H2,1-2H3. The first-order valence-electron chi connectivity index (χ1n) is 3.74. The highest BCUT2D eigenvalue weighted by atomic mass is 16.1. The van der Waals surface area contributed by atoms with Crippen LogP contribution in [0, 0.1) is 5.92 Å². The number of rotatable bonds is 0. The molecule has 0 fully saturated rings. The van der Waals surface area contributed by atoms with Crippen molar-refractivity contribution in [3.63, 3.8) is 0 Å². The SMILES string of the molecule is CC1CC(C)C(=O)CC=N1. The van der Waals surface area contributed by atoms with Gasteiger partial charge in [0.05, 0.1) is 0 Å². The molecular formula is C8H13NO. The Balaban J connectivity index is 2.60. The van der Waals surface area contributed by atoms with E-state index in [0.29, 0.717) is 18.2 Å². The molecule has 1 aliphatic heterocycles. The van der Waals surface area contributed by atoms with Crippen LogP contribution in [0.5, 0.6) is 0 Å². The second kappa shape index (κ2) is 2.95. The molecule has 2 atom stereocenters. The Labute approximate surface area is 61.3 Å². The molecule has 0 saturated heterocycles. The fourth-order valence-corrected chi connectivity index (χ4v) is 1.23. The molecule has 1 heterocycles. The third kappa shape index (κ3) is 1.66. The summed E-state index contributed by atoms with van der Waals surface area (Å²) in [5, 5.41) is 0. The number of carbonyl (C=O) groups is 1. The first-order valence-corrected chi connectivity index (χ1v) is 3.74. The van der Waals surface area contributed by atoms with Gasteiger partial charge in [-0.15, -0.1) is 0 Å². The molecule has 0 amide bonds. The third-order valence-electron chi connectivity index (χ3n) is 1.90. The highest BCUT2D eigenvalue weighted by Gasteiger charge is 2.16. The molecule has 0 radical (unpaired) electrons. The van der Waals surface area contributed by atoms with Gasteiger partial charge in [0.25, 0.3) is 0 Å². The van der Waals surface area contributed by atoms with Crippen molar-refractivity contribution < 1.29 is 4.79 Å². The highest BCUT2D eigenvalue weighted by molar-refractivity contribution is 5.93. The summed E-state index contributed by atoms with van der Waals surface area (Å²) in [7, 11) is 0. The van der Waals surface area contributed by atoms with Crippen LogP contribution in [0.25, 0.3) is 0 Å². The number of hydrogen-bond donors (Lipinski definition) is 0. The van der Waals surface area contributed by atoms with Crippen molar-refractivity contribution >= 4 is 12.0 Å². The maximum atomic E-state index is 11.1. The molecule has 56 valence electrons. The fourth-order valence-electron chi connectivity index (χ4n) is 1.23. The molecule has 1 rings (SSSR count). The molecule has 2 heteroatoms. The first-order chi connectivity index (χ1) is 4.70. The number of Topliss-reactive ketones (excluding diaryl/α,β-unsaturated/α-hetero) is 1. The van der Waals surface area contributed by atoms with Crippen molar-refractivity contribution in [3.05, 3.63) is 0 Å².